The first kappa shape index (κ1) is 24.2. The van der Waals surface area contributed by atoms with E-state index in [2.05, 4.69) is 29.2 Å². The number of likely N-dealkylation sites (tertiary alicyclic amines) is 1. The molecule has 2 amide bonds. The van der Waals surface area contributed by atoms with Gasteiger partial charge in [-0.1, -0.05) is 24.3 Å². The predicted octanol–water partition coefficient (Wildman–Crippen LogP) is 4.27. The first-order chi connectivity index (χ1) is 16.0. The molecule has 5 nitrogen and oxygen atoms in total. The van der Waals surface area contributed by atoms with Gasteiger partial charge in [0.2, 0.25) is 11.8 Å². The van der Waals surface area contributed by atoms with Gasteiger partial charge in [0.15, 0.2) is 0 Å². The molecule has 1 aliphatic heterocycles. The number of likely N-dealkylation sites (N-methyl/N-ethyl adjacent to an activating group) is 1. The van der Waals surface area contributed by atoms with Crippen LogP contribution in [-0.2, 0) is 16.0 Å². The van der Waals surface area contributed by atoms with Gasteiger partial charge < -0.3 is 14.5 Å². The molecule has 4 rings (SSSR count). The van der Waals surface area contributed by atoms with E-state index in [1.54, 1.807) is 18.9 Å². The average Bonchev–Trinajstić information content (AvgIpc) is 3.49. The van der Waals surface area contributed by atoms with Crippen LogP contribution in [0.25, 0.3) is 0 Å². The third kappa shape index (κ3) is 5.59. The van der Waals surface area contributed by atoms with Gasteiger partial charge >= 0.3 is 0 Å². The molecule has 0 spiro atoms. The summed E-state index contributed by atoms with van der Waals surface area (Å²) in [6.07, 6.45) is 12.1. The Labute approximate surface area is 202 Å². The van der Waals surface area contributed by atoms with E-state index in [-0.39, 0.29) is 17.9 Å². The zero-order chi connectivity index (χ0) is 23.4. The Balaban J connectivity index is 1.42. The molecule has 0 N–H and O–H groups in total. The molecule has 6 heteroatoms. The maximum absolute atomic E-state index is 13.2. The van der Waals surface area contributed by atoms with Crippen molar-refractivity contribution in [2.75, 3.05) is 39.3 Å². The Morgan fingerprint density at radius 1 is 1.21 bits per heavy atom. The van der Waals surface area contributed by atoms with Gasteiger partial charge in [0.25, 0.3) is 0 Å². The van der Waals surface area contributed by atoms with Gasteiger partial charge in [0, 0.05) is 44.3 Å². The number of piperidine rings is 1. The summed E-state index contributed by atoms with van der Waals surface area (Å²) in [5, 5.41) is 0. The molecule has 2 aliphatic carbocycles. The lowest BCUT2D eigenvalue weighted by Gasteiger charge is -2.41. The van der Waals surface area contributed by atoms with E-state index in [0.29, 0.717) is 30.1 Å². The first-order valence-corrected chi connectivity index (χ1v) is 13.7. The van der Waals surface area contributed by atoms with E-state index in [4.69, 9.17) is 4.74 Å². The van der Waals surface area contributed by atoms with Crippen LogP contribution < -0.4 is 4.74 Å². The minimum atomic E-state index is 0.133. The highest BCUT2D eigenvalue weighted by Gasteiger charge is 2.42. The quantitative estimate of drug-likeness (QED) is 0.506. The van der Waals surface area contributed by atoms with Gasteiger partial charge in [-0.15, -0.1) is 0 Å². The molecule has 1 saturated carbocycles. The van der Waals surface area contributed by atoms with E-state index >= 15 is 0 Å². The lowest BCUT2D eigenvalue weighted by molar-refractivity contribution is -0.139. The number of hydrogen-bond donors (Lipinski definition) is 0. The van der Waals surface area contributed by atoms with Gasteiger partial charge in [-0.3, -0.25) is 9.59 Å². The Morgan fingerprint density at radius 2 is 2.00 bits per heavy atom. The molecule has 2 fully saturated rings. The summed E-state index contributed by atoms with van der Waals surface area (Å²) in [6.45, 7) is 1.62. The molecule has 4 atom stereocenters. The summed E-state index contributed by atoms with van der Waals surface area (Å²) in [7, 11) is 3.65. The van der Waals surface area contributed by atoms with Gasteiger partial charge in [-0.25, -0.2) is 0 Å². The molecular weight excluding hydrogens is 432 g/mol. The van der Waals surface area contributed by atoms with Crippen LogP contribution in [0.2, 0.25) is 0 Å². The van der Waals surface area contributed by atoms with Crippen LogP contribution in [0.4, 0.5) is 0 Å². The third-order valence-electron chi connectivity index (χ3n) is 7.98. The maximum atomic E-state index is 13.2. The van der Waals surface area contributed by atoms with Crippen molar-refractivity contribution in [2.45, 2.75) is 44.6 Å². The molecule has 1 saturated heterocycles. The number of ether oxygens (including phenoxy) is 1. The minimum absolute atomic E-state index is 0.133. The molecule has 1 aromatic carbocycles. The van der Waals surface area contributed by atoms with E-state index in [9.17, 15) is 9.59 Å². The second-order valence-corrected chi connectivity index (χ2v) is 10.9. The maximum Gasteiger partial charge on any atom is 0.226 e. The summed E-state index contributed by atoms with van der Waals surface area (Å²) >= 11 is 1.71. The van der Waals surface area contributed by atoms with Crippen molar-refractivity contribution in [2.24, 2.45) is 23.7 Å². The van der Waals surface area contributed by atoms with Crippen LogP contribution in [0.3, 0.4) is 0 Å². The molecule has 1 unspecified atom stereocenters. The Kier molecular flexibility index (Phi) is 8.05. The number of fused-ring (bicyclic) bond motifs is 2. The van der Waals surface area contributed by atoms with Gasteiger partial charge in [0.1, 0.15) is 5.75 Å². The molecule has 180 valence electrons. The van der Waals surface area contributed by atoms with Crippen LogP contribution >= 0.6 is 11.8 Å². The molecule has 33 heavy (non-hydrogen) atoms. The zero-order valence-corrected chi connectivity index (χ0v) is 21.1. The second-order valence-electron chi connectivity index (χ2n) is 9.92. The van der Waals surface area contributed by atoms with E-state index in [1.807, 2.05) is 30.3 Å². The number of nitrogens with zero attached hydrogens (tertiary/aromatic N) is 2. The second kappa shape index (κ2) is 11.0. The molecule has 2 bridgehead atoms. The highest BCUT2D eigenvalue weighted by molar-refractivity contribution is 7.98. The molecule has 1 aromatic rings. The Hall–Kier alpha value is -1.95. The molecule has 3 aliphatic rings. The number of amides is 2. The number of rotatable bonds is 9. The monoisotopic (exact) mass is 470 g/mol. The number of carbonyl (C=O) groups excluding carboxylic acids is 2. The smallest absolute Gasteiger partial charge is 0.226 e. The third-order valence-corrected chi connectivity index (χ3v) is 8.59. The number of methoxy groups -OCH3 is 1. The standard InChI is InChI=1S/C27H38N2O3S/c1-28(26(30)11-14-33-3)25(18-19-5-4-6-23(16-19)32-2)21-9-12-29(13-10-21)27(31)24-17-20-7-8-22(24)15-20/h4-8,16,20-22,24-25H,9-15,17-18H2,1-3H3/t20-,22+,24+,25?/m1/s1. The van der Waals surface area contributed by atoms with E-state index in [0.717, 1.165) is 50.3 Å². The van der Waals surface area contributed by atoms with Crippen molar-refractivity contribution in [3.63, 3.8) is 0 Å². The number of hydrogen-bond acceptors (Lipinski definition) is 4. The van der Waals surface area contributed by atoms with Crippen LogP contribution in [-0.4, -0.2) is 66.9 Å². The van der Waals surface area contributed by atoms with Crippen LogP contribution in [0.1, 0.15) is 37.7 Å². The Morgan fingerprint density at radius 3 is 2.64 bits per heavy atom. The van der Waals surface area contributed by atoms with Crippen LogP contribution in [0.5, 0.6) is 5.75 Å². The summed E-state index contributed by atoms with van der Waals surface area (Å²) in [5.74, 6) is 3.94. The highest BCUT2D eigenvalue weighted by Crippen LogP contribution is 2.44. The van der Waals surface area contributed by atoms with Crippen molar-refractivity contribution >= 4 is 23.6 Å². The molecular formula is C27H38N2O3S. The minimum Gasteiger partial charge on any atom is -0.497 e. The first-order valence-electron chi connectivity index (χ1n) is 12.3. The van der Waals surface area contributed by atoms with E-state index < -0.39 is 0 Å². The fourth-order valence-electron chi connectivity index (χ4n) is 6.02. The van der Waals surface area contributed by atoms with Gasteiger partial charge in [-0.2, -0.15) is 11.8 Å². The molecule has 1 heterocycles. The fraction of sp³-hybridized carbons (Fsp3) is 0.630. The summed E-state index contributed by atoms with van der Waals surface area (Å²) in [5.41, 5.74) is 1.19. The lowest BCUT2D eigenvalue weighted by Crippen LogP contribution is -2.49. The van der Waals surface area contributed by atoms with Gasteiger partial charge in [0.05, 0.1) is 7.11 Å². The lowest BCUT2D eigenvalue weighted by atomic mass is 9.84. The van der Waals surface area contributed by atoms with Crippen molar-refractivity contribution < 1.29 is 14.3 Å². The topological polar surface area (TPSA) is 49.9 Å². The summed E-state index contributed by atoms with van der Waals surface area (Å²) < 4.78 is 5.42. The van der Waals surface area contributed by atoms with Crippen LogP contribution in [0.15, 0.2) is 36.4 Å². The fourth-order valence-corrected chi connectivity index (χ4v) is 6.39. The Bertz CT molecular complexity index is 865. The van der Waals surface area contributed by atoms with Crippen molar-refractivity contribution in [1.29, 1.82) is 0 Å². The van der Waals surface area contributed by atoms with Crippen molar-refractivity contribution in [3.05, 3.63) is 42.0 Å². The predicted molar refractivity (Wildman–Crippen MR) is 134 cm³/mol. The van der Waals surface area contributed by atoms with Crippen molar-refractivity contribution in [3.8, 4) is 5.75 Å². The largest absolute Gasteiger partial charge is 0.497 e. The number of thioether (sulfide) groups is 1. The number of benzene rings is 1. The molecule has 0 radical (unpaired) electrons. The number of carbonyl (C=O) groups is 2. The number of allylic oxidation sites excluding steroid dienone is 2. The van der Waals surface area contributed by atoms with E-state index in [1.165, 1.54) is 12.0 Å². The SMILES string of the molecule is COc1cccc(CC(C2CCN(C(=O)[C@H]3C[C@@H]4C=C[C@H]3C4)CC2)N(C)C(=O)CCSC)c1. The average molecular weight is 471 g/mol. The van der Waals surface area contributed by atoms with Gasteiger partial charge in [-0.05, 0) is 73.8 Å². The zero-order valence-electron chi connectivity index (χ0n) is 20.2. The highest BCUT2D eigenvalue weighted by atomic mass is 32.2. The summed E-state index contributed by atoms with van der Waals surface area (Å²) in [6, 6.07) is 8.31. The molecule has 0 aromatic heterocycles. The van der Waals surface area contributed by atoms with Crippen molar-refractivity contribution in [1.82, 2.24) is 9.80 Å². The summed E-state index contributed by atoms with van der Waals surface area (Å²) in [4.78, 5) is 30.2. The van der Waals surface area contributed by atoms with Crippen LogP contribution in [0, 0.1) is 23.7 Å². The normalized spacial score (nSPS) is 25.3.